The zero-order valence-corrected chi connectivity index (χ0v) is 27.1. The molecule has 2 aromatic heterocycles. The molecule has 11 nitrogen and oxygen atoms in total. The van der Waals surface area contributed by atoms with Crippen molar-refractivity contribution in [2.24, 2.45) is 0 Å². The zero-order valence-electron chi connectivity index (χ0n) is 26.2. The molecule has 2 saturated heterocycles. The van der Waals surface area contributed by atoms with Crippen LogP contribution in [0.4, 0.5) is 28.8 Å². The number of piperazine rings is 1. The summed E-state index contributed by atoms with van der Waals surface area (Å²) in [5, 5.41) is 7.40. The number of aromatic nitrogens is 3. The molecule has 45 heavy (non-hydrogen) atoms. The van der Waals surface area contributed by atoms with Gasteiger partial charge in [0.25, 0.3) is 0 Å². The number of hydrogen-bond donors (Lipinski definition) is 2. The minimum Gasteiger partial charge on any atom is -0.494 e. The predicted octanol–water partition coefficient (Wildman–Crippen LogP) is 4.32. The van der Waals surface area contributed by atoms with Crippen LogP contribution in [-0.4, -0.2) is 97.9 Å². The Bertz CT molecular complexity index is 1850. The maximum absolute atomic E-state index is 12.5. The molecule has 6 rings (SSSR count). The van der Waals surface area contributed by atoms with Crippen LogP contribution in [0.5, 0.6) is 5.75 Å². The van der Waals surface area contributed by atoms with Gasteiger partial charge in [0.2, 0.25) is 16.0 Å². The van der Waals surface area contributed by atoms with Crippen LogP contribution >= 0.6 is 0 Å². The fourth-order valence-corrected chi connectivity index (χ4v) is 7.03. The Morgan fingerprint density at radius 3 is 2.47 bits per heavy atom. The van der Waals surface area contributed by atoms with E-state index in [1.807, 2.05) is 24.3 Å². The molecule has 2 aromatic carbocycles. The first kappa shape index (κ1) is 30.7. The van der Waals surface area contributed by atoms with Gasteiger partial charge >= 0.3 is 0 Å². The molecule has 2 fully saturated rings. The topological polar surface area (TPSA) is 108 Å². The van der Waals surface area contributed by atoms with Crippen molar-refractivity contribution in [2.45, 2.75) is 25.8 Å². The number of fused-ring (bicyclic) bond motifs is 1. The number of ether oxygens (including phenoxy) is 1. The first-order valence-electron chi connectivity index (χ1n) is 15.2. The first-order chi connectivity index (χ1) is 21.7. The van der Waals surface area contributed by atoms with Crippen LogP contribution in [0, 0.1) is 11.8 Å². The van der Waals surface area contributed by atoms with Crippen molar-refractivity contribution in [1.82, 2.24) is 23.7 Å². The molecule has 0 amide bonds. The van der Waals surface area contributed by atoms with Gasteiger partial charge in [-0.1, -0.05) is 18.1 Å². The SMILES string of the molecule is CC#Cc1cnc(Nc2ccc(N3CCC(N4CCN(C)CC4)CC3)cc2OC)nc1Nc1cccc2ccn(S(C)(=O)=O)c12. The highest BCUT2D eigenvalue weighted by Crippen LogP contribution is 2.34. The van der Waals surface area contributed by atoms with Gasteiger partial charge in [-0.3, -0.25) is 4.90 Å². The van der Waals surface area contributed by atoms with E-state index in [0.717, 1.165) is 68.9 Å². The number of piperidine rings is 1. The second-order valence-electron chi connectivity index (χ2n) is 11.6. The Morgan fingerprint density at radius 2 is 1.76 bits per heavy atom. The summed E-state index contributed by atoms with van der Waals surface area (Å²) in [5.41, 5.74) is 3.58. The highest BCUT2D eigenvalue weighted by atomic mass is 32.2. The maximum Gasteiger partial charge on any atom is 0.236 e. The zero-order chi connectivity index (χ0) is 31.6. The molecule has 0 spiro atoms. The third-order valence-electron chi connectivity index (χ3n) is 8.65. The van der Waals surface area contributed by atoms with Crippen molar-refractivity contribution in [3.8, 4) is 17.6 Å². The summed E-state index contributed by atoms with van der Waals surface area (Å²) in [6.07, 6.45) is 6.70. The first-order valence-corrected chi connectivity index (χ1v) is 17.1. The van der Waals surface area contributed by atoms with Crippen LogP contribution in [-0.2, 0) is 10.0 Å². The van der Waals surface area contributed by atoms with Gasteiger partial charge in [0.05, 0.1) is 42.0 Å². The van der Waals surface area contributed by atoms with Crippen molar-refractivity contribution in [3.63, 3.8) is 0 Å². The van der Waals surface area contributed by atoms with E-state index in [-0.39, 0.29) is 0 Å². The highest BCUT2D eigenvalue weighted by molar-refractivity contribution is 7.89. The van der Waals surface area contributed by atoms with Crippen LogP contribution in [0.3, 0.4) is 0 Å². The van der Waals surface area contributed by atoms with Gasteiger partial charge < -0.3 is 25.2 Å². The highest BCUT2D eigenvalue weighted by Gasteiger charge is 2.27. The lowest BCUT2D eigenvalue weighted by molar-refractivity contribution is 0.0982. The van der Waals surface area contributed by atoms with Crippen molar-refractivity contribution >= 4 is 49.8 Å². The summed E-state index contributed by atoms with van der Waals surface area (Å²) in [5.74, 6) is 7.44. The molecule has 0 bridgehead atoms. The normalized spacial score (nSPS) is 16.8. The van der Waals surface area contributed by atoms with Crippen molar-refractivity contribution < 1.29 is 13.2 Å². The summed E-state index contributed by atoms with van der Waals surface area (Å²) in [4.78, 5) is 16.8. The van der Waals surface area contributed by atoms with E-state index >= 15 is 0 Å². The van der Waals surface area contributed by atoms with Crippen molar-refractivity contribution in [1.29, 1.82) is 0 Å². The number of para-hydroxylation sites is 1. The van der Waals surface area contributed by atoms with E-state index in [1.165, 1.54) is 10.2 Å². The third-order valence-corrected chi connectivity index (χ3v) is 9.67. The molecule has 0 aliphatic carbocycles. The Morgan fingerprint density at radius 1 is 0.978 bits per heavy atom. The third kappa shape index (κ3) is 6.71. The Hall–Kier alpha value is -4.31. The summed E-state index contributed by atoms with van der Waals surface area (Å²) < 4.78 is 32.0. The summed E-state index contributed by atoms with van der Waals surface area (Å²) in [6.45, 7) is 8.38. The van der Waals surface area contributed by atoms with Crippen molar-refractivity contribution in [2.75, 3.05) is 75.2 Å². The van der Waals surface area contributed by atoms with Crippen LogP contribution in [0.15, 0.2) is 54.9 Å². The second kappa shape index (κ2) is 13.0. The van der Waals surface area contributed by atoms with Crippen LogP contribution < -0.4 is 20.3 Å². The lowest BCUT2D eigenvalue weighted by Crippen LogP contribution is -2.52. The predicted molar refractivity (Wildman–Crippen MR) is 181 cm³/mol. The van der Waals surface area contributed by atoms with E-state index < -0.39 is 10.0 Å². The number of hydrogen-bond acceptors (Lipinski definition) is 10. The number of benzene rings is 2. The van der Waals surface area contributed by atoms with Crippen LogP contribution in [0.1, 0.15) is 25.3 Å². The molecular formula is C33H40N8O3S. The molecule has 0 radical (unpaired) electrons. The van der Waals surface area contributed by atoms with Crippen LogP contribution in [0.2, 0.25) is 0 Å². The smallest absolute Gasteiger partial charge is 0.236 e. The number of nitrogens with one attached hydrogen (secondary N) is 2. The molecule has 2 aliphatic rings. The minimum absolute atomic E-state index is 0.351. The monoisotopic (exact) mass is 628 g/mol. The minimum atomic E-state index is -3.52. The van der Waals surface area contributed by atoms with E-state index in [9.17, 15) is 8.42 Å². The lowest BCUT2D eigenvalue weighted by Gasteiger charge is -2.42. The number of likely N-dealkylation sites (N-methyl/N-ethyl adjacent to an activating group) is 1. The molecule has 2 aliphatic heterocycles. The molecule has 0 saturated carbocycles. The molecule has 236 valence electrons. The Balaban J connectivity index is 1.21. The van der Waals surface area contributed by atoms with Gasteiger partial charge in [-0.05, 0) is 51.1 Å². The van der Waals surface area contributed by atoms with Gasteiger partial charge in [0.1, 0.15) is 5.75 Å². The van der Waals surface area contributed by atoms with Gasteiger partial charge in [-0.25, -0.2) is 17.4 Å². The number of rotatable bonds is 8. The lowest BCUT2D eigenvalue weighted by atomic mass is 10.0. The molecule has 2 N–H and O–H groups in total. The van der Waals surface area contributed by atoms with E-state index in [0.29, 0.717) is 40.3 Å². The Kier molecular flexibility index (Phi) is 8.85. The van der Waals surface area contributed by atoms with E-state index in [1.54, 1.807) is 32.5 Å². The fourth-order valence-electron chi connectivity index (χ4n) is 6.21. The van der Waals surface area contributed by atoms with E-state index in [4.69, 9.17) is 9.72 Å². The fraction of sp³-hybridized carbons (Fsp3) is 0.394. The molecular weight excluding hydrogens is 588 g/mol. The van der Waals surface area contributed by atoms with Gasteiger partial charge in [-0.2, -0.15) is 4.98 Å². The second-order valence-corrected chi connectivity index (χ2v) is 13.5. The van der Waals surface area contributed by atoms with Gasteiger partial charge in [0.15, 0.2) is 5.82 Å². The standard InChI is InChI=1S/C33H40N8O3S/c1-5-7-25-23-34-33(37-32(25)35-29-9-6-8-24-12-17-41(31(24)29)45(4,42)43)36-28-11-10-27(22-30(28)44-3)39-15-13-26(14-16-39)40-20-18-38(2)19-21-40/h6,8-12,17,22-23,26H,13-16,18-21H2,1-4H3,(H2,34,35,36,37). The largest absolute Gasteiger partial charge is 0.494 e. The number of anilines is 5. The number of methoxy groups -OCH3 is 1. The average molecular weight is 629 g/mol. The van der Waals surface area contributed by atoms with Gasteiger partial charge in [0, 0.05) is 68.6 Å². The quantitative estimate of drug-likeness (QED) is 0.274. The van der Waals surface area contributed by atoms with Gasteiger partial charge in [-0.15, -0.1) is 5.92 Å². The van der Waals surface area contributed by atoms with Crippen molar-refractivity contribution in [3.05, 3.63) is 60.4 Å². The summed E-state index contributed by atoms with van der Waals surface area (Å²) in [6, 6.07) is 14.1. The average Bonchev–Trinajstić information content (AvgIpc) is 3.49. The molecule has 0 unspecified atom stereocenters. The summed E-state index contributed by atoms with van der Waals surface area (Å²) >= 11 is 0. The molecule has 4 heterocycles. The Labute approximate surface area is 265 Å². The maximum atomic E-state index is 12.5. The van der Waals surface area contributed by atoms with Crippen LogP contribution in [0.25, 0.3) is 10.9 Å². The molecule has 12 heteroatoms. The number of nitrogens with zero attached hydrogens (tertiary/aromatic N) is 6. The summed E-state index contributed by atoms with van der Waals surface area (Å²) in [7, 11) is 0.347. The molecule has 4 aromatic rings. The molecule has 0 atom stereocenters. The van der Waals surface area contributed by atoms with E-state index in [2.05, 4.69) is 61.3 Å².